The summed E-state index contributed by atoms with van der Waals surface area (Å²) < 4.78 is 7.67. The van der Waals surface area contributed by atoms with E-state index in [1.165, 1.54) is 0 Å². The number of para-hydroxylation sites is 1. The standard InChI is InChI=1S/C22H20N4O2/c1-25(14-17-5-2-3-6-19(17)26-12-4-11-23-26)22(27)16-9-10-18-20(13-16)28-21(24-18)15-7-8-15/h2-6,9-13,15H,7-8,14H2,1H3. The van der Waals surface area contributed by atoms with Crippen LogP contribution in [0.3, 0.4) is 0 Å². The first-order valence-electron chi connectivity index (χ1n) is 9.43. The zero-order valence-corrected chi connectivity index (χ0v) is 15.6. The number of oxazole rings is 1. The van der Waals surface area contributed by atoms with Gasteiger partial charge < -0.3 is 9.32 Å². The van der Waals surface area contributed by atoms with Crippen molar-refractivity contribution >= 4 is 17.0 Å². The number of hydrogen-bond acceptors (Lipinski definition) is 4. The molecule has 4 aromatic rings. The van der Waals surface area contributed by atoms with Gasteiger partial charge in [0.15, 0.2) is 11.5 Å². The smallest absolute Gasteiger partial charge is 0.254 e. The highest BCUT2D eigenvalue weighted by atomic mass is 16.3. The van der Waals surface area contributed by atoms with Gasteiger partial charge in [0.05, 0.1) is 5.69 Å². The van der Waals surface area contributed by atoms with Gasteiger partial charge >= 0.3 is 0 Å². The number of aromatic nitrogens is 3. The summed E-state index contributed by atoms with van der Waals surface area (Å²) in [5, 5.41) is 4.31. The number of hydrogen-bond donors (Lipinski definition) is 0. The van der Waals surface area contributed by atoms with Gasteiger partial charge in [0.25, 0.3) is 5.91 Å². The maximum atomic E-state index is 13.0. The van der Waals surface area contributed by atoms with Crippen LogP contribution in [0.4, 0.5) is 0 Å². The van der Waals surface area contributed by atoms with Gasteiger partial charge in [-0.3, -0.25) is 4.79 Å². The van der Waals surface area contributed by atoms with E-state index in [0.29, 0.717) is 23.6 Å². The Morgan fingerprint density at radius 3 is 2.86 bits per heavy atom. The second kappa shape index (κ2) is 6.64. The van der Waals surface area contributed by atoms with Gasteiger partial charge in [-0.15, -0.1) is 0 Å². The van der Waals surface area contributed by atoms with E-state index in [-0.39, 0.29) is 5.91 Å². The fourth-order valence-corrected chi connectivity index (χ4v) is 3.41. The SMILES string of the molecule is CN(Cc1ccccc1-n1cccn1)C(=O)c1ccc2nc(C3CC3)oc2c1. The summed E-state index contributed by atoms with van der Waals surface area (Å²) in [6.45, 7) is 0.483. The number of amides is 1. The van der Waals surface area contributed by atoms with Crippen molar-refractivity contribution in [3.63, 3.8) is 0 Å². The largest absolute Gasteiger partial charge is 0.440 e. The molecule has 0 bridgehead atoms. The van der Waals surface area contributed by atoms with Crippen LogP contribution in [0.15, 0.2) is 65.3 Å². The van der Waals surface area contributed by atoms with E-state index in [0.717, 1.165) is 35.5 Å². The molecule has 6 heteroatoms. The zero-order valence-electron chi connectivity index (χ0n) is 15.6. The topological polar surface area (TPSA) is 64.2 Å². The van der Waals surface area contributed by atoms with Crippen molar-refractivity contribution in [1.82, 2.24) is 19.7 Å². The second-order valence-electron chi connectivity index (χ2n) is 7.25. The third-order valence-corrected chi connectivity index (χ3v) is 5.08. The normalized spacial score (nSPS) is 13.8. The van der Waals surface area contributed by atoms with Crippen LogP contribution in [0.1, 0.15) is 40.6 Å². The van der Waals surface area contributed by atoms with Crippen LogP contribution in [-0.2, 0) is 6.54 Å². The van der Waals surface area contributed by atoms with E-state index in [9.17, 15) is 4.79 Å². The van der Waals surface area contributed by atoms with Gasteiger partial charge in [0.2, 0.25) is 0 Å². The van der Waals surface area contributed by atoms with Crippen LogP contribution < -0.4 is 0 Å². The van der Waals surface area contributed by atoms with Crippen molar-refractivity contribution in [2.24, 2.45) is 0 Å². The average molecular weight is 372 g/mol. The van der Waals surface area contributed by atoms with Crippen LogP contribution in [0.25, 0.3) is 16.8 Å². The van der Waals surface area contributed by atoms with E-state index in [1.807, 2.05) is 60.4 Å². The maximum Gasteiger partial charge on any atom is 0.254 e. The molecular weight excluding hydrogens is 352 g/mol. The molecule has 0 spiro atoms. The molecule has 140 valence electrons. The Balaban J connectivity index is 1.39. The average Bonchev–Trinajstić information content (AvgIpc) is 3.25. The first kappa shape index (κ1) is 16.7. The van der Waals surface area contributed by atoms with Crippen molar-refractivity contribution in [3.05, 3.63) is 77.9 Å². The molecule has 2 heterocycles. The summed E-state index contributed by atoms with van der Waals surface area (Å²) in [6, 6.07) is 15.3. The molecule has 5 rings (SSSR count). The lowest BCUT2D eigenvalue weighted by Gasteiger charge is -2.19. The summed E-state index contributed by atoms with van der Waals surface area (Å²) in [7, 11) is 1.81. The van der Waals surface area contributed by atoms with Gasteiger partial charge in [-0.1, -0.05) is 18.2 Å². The Bertz CT molecular complexity index is 1140. The number of nitrogens with zero attached hydrogens (tertiary/aromatic N) is 4. The quantitative estimate of drug-likeness (QED) is 0.528. The van der Waals surface area contributed by atoms with E-state index in [4.69, 9.17) is 4.42 Å². The van der Waals surface area contributed by atoms with Crippen molar-refractivity contribution in [2.75, 3.05) is 7.05 Å². The molecule has 2 aromatic heterocycles. The monoisotopic (exact) mass is 372 g/mol. The van der Waals surface area contributed by atoms with Crippen molar-refractivity contribution in [2.45, 2.75) is 25.3 Å². The summed E-state index contributed by atoms with van der Waals surface area (Å²) in [5.41, 5.74) is 4.08. The van der Waals surface area contributed by atoms with Gasteiger partial charge in [0, 0.05) is 37.5 Å². The molecule has 0 atom stereocenters. The van der Waals surface area contributed by atoms with Gasteiger partial charge in [-0.05, 0) is 48.7 Å². The molecule has 0 radical (unpaired) electrons. The Morgan fingerprint density at radius 2 is 2.07 bits per heavy atom. The molecule has 1 aliphatic carbocycles. The number of carbonyl (C=O) groups is 1. The van der Waals surface area contributed by atoms with Gasteiger partial charge in [0.1, 0.15) is 5.52 Å². The molecular formula is C22H20N4O2. The first-order valence-corrected chi connectivity index (χ1v) is 9.43. The molecule has 1 saturated carbocycles. The number of fused-ring (bicyclic) bond motifs is 1. The lowest BCUT2D eigenvalue weighted by molar-refractivity contribution is 0.0785. The molecule has 2 aromatic carbocycles. The fraction of sp³-hybridized carbons (Fsp3) is 0.227. The highest BCUT2D eigenvalue weighted by Gasteiger charge is 2.29. The van der Waals surface area contributed by atoms with Crippen molar-refractivity contribution in [3.8, 4) is 5.69 Å². The summed E-state index contributed by atoms with van der Waals surface area (Å²) >= 11 is 0. The van der Waals surface area contributed by atoms with Gasteiger partial charge in [-0.25, -0.2) is 9.67 Å². The first-order chi connectivity index (χ1) is 13.7. The Morgan fingerprint density at radius 1 is 1.21 bits per heavy atom. The van der Waals surface area contributed by atoms with Crippen molar-refractivity contribution < 1.29 is 9.21 Å². The second-order valence-corrected chi connectivity index (χ2v) is 7.25. The fourth-order valence-electron chi connectivity index (χ4n) is 3.41. The third-order valence-electron chi connectivity index (χ3n) is 5.08. The minimum absolute atomic E-state index is 0.0541. The summed E-state index contributed by atoms with van der Waals surface area (Å²) in [5.74, 6) is 1.19. The van der Waals surface area contributed by atoms with E-state index < -0.39 is 0 Å². The van der Waals surface area contributed by atoms with Crippen LogP contribution in [0.5, 0.6) is 0 Å². The molecule has 0 aliphatic heterocycles. The van der Waals surface area contributed by atoms with Crippen molar-refractivity contribution in [1.29, 1.82) is 0 Å². The molecule has 1 amide bonds. The van der Waals surface area contributed by atoms with E-state index in [1.54, 1.807) is 17.2 Å². The minimum atomic E-state index is -0.0541. The highest BCUT2D eigenvalue weighted by molar-refractivity contribution is 5.96. The Labute approximate surface area is 162 Å². The lowest BCUT2D eigenvalue weighted by Crippen LogP contribution is -2.26. The summed E-state index contributed by atoms with van der Waals surface area (Å²) in [6.07, 6.45) is 5.91. The Hall–Kier alpha value is -3.41. The molecule has 0 unspecified atom stereocenters. The zero-order chi connectivity index (χ0) is 19.1. The van der Waals surface area contributed by atoms with Crippen LogP contribution in [0, 0.1) is 0 Å². The lowest BCUT2D eigenvalue weighted by atomic mass is 10.1. The predicted octanol–water partition coefficient (Wildman–Crippen LogP) is 4.16. The molecule has 1 fully saturated rings. The molecule has 28 heavy (non-hydrogen) atoms. The van der Waals surface area contributed by atoms with Gasteiger partial charge in [-0.2, -0.15) is 5.10 Å². The molecule has 0 N–H and O–H groups in total. The predicted molar refractivity (Wildman–Crippen MR) is 105 cm³/mol. The molecule has 0 saturated heterocycles. The van der Waals surface area contributed by atoms with E-state index >= 15 is 0 Å². The Kier molecular flexibility index (Phi) is 3.97. The third kappa shape index (κ3) is 3.07. The number of carbonyl (C=O) groups excluding carboxylic acids is 1. The van der Waals surface area contributed by atoms with Crippen LogP contribution >= 0.6 is 0 Å². The maximum absolute atomic E-state index is 13.0. The number of benzene rings is 2. The minimum Gasteiger partial charge on any atom is -0.440 e. The molecule has 6 nitrogen and oxygen atoms in total. The number of rotatable bonds is 5. The van der Waals surface area contributed by atoms with E-state index in [2.05, 4.69) is 10.1 Å². The van der Waals surface area contributed by atoms with Crippen LogP contribution in [-0.4, -0.2) is 32.6 Å². The highest BCUT2D eigenvalue weighted by Crippen LogP contribution is 2.40. The summed E-state index contributed by atoms with van der Waals surface area (Å²) in [4.78, 5) is 19.2. The van der Waals surface area contributed by atoms with Crippen LogP contribution in [0.2, 0.25) is 0 Å². The molecule has 1 aliphatic rings.